The van der Waals surface area contributed by atoms with Crippen molar-refractivity contribution in [2.75, 3.05) is 6.61 Å². The average molecular weight is 477 g/mol. The lowest BCUT2D eigenvalue weighted by molar-refractivity contribution is -0.156. The smallest absolute Gasteiger partial charge is 0.359 e. The number of esters is 1. The minimum atomic E-state index is -2.92. The number of nitrogens with one attached hydrogen (secondary N) is 2. The van der Waals surface area contributed by atoms with Crippen LogP contribution in [0.2, 0.25) is 0 Å². The van der Waals surface area contributed by atoms with Crippen molar-refractivity contribution in [2.24, 2.45) is 0 Å². The van der Waals surface area contributed by atoms with Crippen molar-refractivity contribution in [3.05, 3.63) is 51.3 Å². The van der Waals surface area contributed by atoms with Gasteiger partial charge in [0.25, 0.3) is 5.91 Å². The molecule has 1 amide bonds. The number of aromatic nitrogens is 3. The standard InChI is InChI=1S/C17H16Cl3N5O5/c1-10(2)22-12(26)16(8-21,13(27)30-9-17(18,19)20)25-15(29)24(14(28)23-25)11-6-4-3-5-7-11/h3-7,10H,9H2,1-2H3,(H,22,26)(H,23,28). The molecule has 0 saturated carbocycles. The van der Waals surface area contributed by atoms with E-state index in [1.54, 1.807) is 32.0 Å². The summed E-state index contributed by atoms with van der Waals surface area (Å²) < 4.78 is 3.72. The first-order chi connectivity index (χ1) is 13.9. The number of alkyl halides is 3. The lowest BCUT2D eigenvalue weighted by Crippen LogP contribution is -2.59. The van der Waals surface area contributed by atoms with Crippen molar-refractivity contribution in [1.29, 1.82) is 5.26 Å². The van der Waals surface area contributed by atoms with Gasteiger partial charge in [-0.25, -0.2) is 24.0 Å². The third-order valence-electron chi connectivity index (χ3n) is 3.72. The number of hydrogen-bond acceptors (Lipinski definition) is 6. The number of halogens is 3. The van der Waals surface area contributed by atoms with Gasteiger partial charge >= 0.3 is 22.9 Å². The zero-order chi connectivity index (χ0) is 22.7. The summed E-state index contributed by atoms with van der Waals surface area (Å²) in [5.41, 5.74) is -4.92. The second-order valence-electron chi connectivity index (χ2n) is 6.35. The zero-order valence-electron chi connectivity index (χ0n) is 15.7. The maximum absolute atomic E-state index is 13.0. The predicted molar refractivity (Wildman–Crippen MR) is 109 cm³/mol. The Labute approximate surface area is 184 Å². The van der Waals surface area contributed by atoms with Crippen LogP contribution in [0.1, 0.15) is 13.8 Å². The van der Waals surface area contributed by atoms with Gasteiger partial charge in [-0.3, -0.25) is 4.79 Å². The Morgan fingerprint density at radius 2 is 1.83 bits per heavy atom. The van der Waals surface area contributed by atoms with Crippen LogP contribution in [0.15, 0.2) is 39.9 Å². The summed E-state index contributed by atoms with van der Waals surface area (Å²) >= 11 is 16.7. The lowest BCUT2D eigenvalue weighted by atomic mass is 10.0. The Balaban J connectivity index is 2.71. The largest absolute Gasteiger partial charge is 0.458 e. The van der Waals surface area contributed by atoms with Crippen LogP contribution in [0.5, 0.6) is 0 Å². The molecule has 2 rings (SSSR count). The van der Waals surface area contributed by atoms with Crippen LogP contribution in [-0.4, -0.2) is 42.7 Å². The number of aromatic amines is 1. The van der Waals surface area contributed by atoms with Gasteiger partial charge in [-0.1, -0.05) is 53.0 Å². The van der Waals surface area contributed by atoms with E-state index >= 15 is 0 Å². The molecule has 1 atom stereocenters. The molecule has 0 aliphatic carbocycles. The minimum Gasteiger partial charge on any atom is -0.458 e. The highest BCUT2D eigenvalue weighted by Crippen LogP contribution is 2.27. The van der Waals surface area contributed by atoms with Crippen molar-refractivity contribution in [3.8, 4) is 11.8 Å². The Hall–Kier alpha value is -2.74. The van der Waals surface area contributed by atoms with Crippen LogP contribution in [0, 0.1) is 11.3 Å². The van der Waals surface area contributed by atoms with E-state index in [1.165, 1.54) is 18.2 Å². The van der Waals surface area contributed by atoms with Crippen LogP contribution in [0.4, 0.5) is 0 Å². The SMILES string of the molecule is CC(C)NC(=O)C(C#N)(C(=O)OCC(Cl)(Cl)Cl)n1[nH]c(=O)n(-c2ccccc2)c1=O. The van der Waals surface area contributed by atoms with E-state index < -0.39 is 45.2 Å². The van der Waals surface area contributed by atoms with E-state index in [1.807, 2.05) is 0 Å². The molecule has 30 heavy (non-hydrogen) atoms. The molecule has 1 aromatic heterocycles. The molecular formula is C17H16Cl3N5O5. The summed E-state index contributed by atoms with van der Waals surface area (Å²) in [6, 6.07) is 8.63. The van der Waals surface area contributed by atoms with E-state index in [0.717, 1.165) is 0 Å². The molecule has 1 aromatic carbocycles. The van der Waals surface area contributed by atoms with Crippen LogP contribution >= 0.6 is 34.8 Å². The number of amides is 1. The molecule has 0 saturated heterocycles. The topological polar surface area (TPSA) is 139 Å². The van der Waals surface area contributed by atoms with E-state index in [2.05, 4.69) is 10.4 Å². The number of nitrogens with zero attached hydrogens (tertiary/aromatic N) is 3. The van der Waals surface area contributed by atoms with Crippen molar-refractivity contribution in [2.45, 2.75) is 29.2 Å². The highest BCUT2D eigenvalue weighted by atomic mass is 35.6. The second kappa shape index (κ2) is 8.95. The molecule has 1 heterocycles. The number of hydrogen-bond donors (Lipinski definition) is 2. The van der Waals surface area contributed by atoms with E-state index in [4.69, 9.17) is 39.5 Å². The van der Waals surface area contributed by atoms with Crippen LogP contribution < -0.4 is 16.7 Å². The highest BCUT2D eigenvalue weighted by Gasteiger charge is 2.53. The van der Waals surface area contributed by atoms with E-state index in [9.17, 15) is 24.4 Å². The van der Waals surface area contributed by atoms with Gasteiger partial charge in [0.05, 0.1) is 5.69 Å². The third kappa shape index (κ3) is 4.70. The minimum absolute atomic E-state index is 0.147. The van der Waals surface area contributed by atoms with Gasteiger partial charge in [0.2, 0.25) is 3.79 Å². The Morgan fingerprint density at radius 3 is 2.33 bits per heavy atom. The molecular weight excluding hydrogens is 461 g/mol. The normalized spacial score (nSPS) is 13.4. The van der Waals surface area contributed by atoms with Gasteiger partial charge in [-0.15, -0.1) is 0 Å². The molecule has 1 unspecified atom stereocenters. The first kappa shape index (κ1) is 23.5. The Kier molecular flexibility index (Phi) is 7.02. The number of ether oxygens (including phenoxy) is 1. The van der Waals surface area contributed by atoms with Crippen molar-refractivity contribution in [1.82, 2.24) is 19.7 Å². The molecule has 0 aliphatic rings. The van der Waals surface area contributed by atoms with Gasteiger partial charge < -0.3 is 10.1 Å². The lowest BCUT2D eigenvalue weighted by Gasteiger charge is -2.25. The molecule has 10 nitrogen and oxygen atoms in total. The third-order valence-corrected chi connectivity index (χ3v) is 4.04. The summed E-state index contributed by atoms with van der Waals surface area (Å²) in [7, 11) is 0. The fourth-order valence-electron chi connectivity index (χ4n) is 2.46. The fraction of sp³-hybridized carbons (Fsp3) is 0.353. The quantitative estimate of drug-likeness (QED) is 0.362. The van der Waals surface area contributed by atoms with Crippen LogP contribution in [-0.2, 0) is 19.9 Å². The van der Waals surface area contributed by atoms with E-state index in [0.29, 0.717) is 9.25 Å². The summed E-state index contributed by atoms with van der Waals surface area (Å²) in [5, 5.41) is 14.2. The molecule has 2 N–H and O–H groups in total. The monoisotopic (exact) mass is 475 g/mol. The first-order valence-electron chi connectivity index (χ1n) is 8.40. The number of rotatable bonds is 6. The molecule has 0 fully saturated rings. The zero-order valence-corrected chi connectivity index (χ0v) is 18.0. The molecule has 0 bridgehead atoms. The number of carbonyl (C=O) groups excluding carboxylic acids is 2. The Morgan fingerprint density at radius 1 is 1.23 bits per heavy atom. The van der Waals surface area contributed by atoms with Crippen molar-refractivity contribution < 1.29 is 14.3 Å². The highest BCUT2D eigenvalue weighted by molar-refractivity contribution is 6.67. The predicted octanol–water partition coefficient (Wildman–Crippen LogP) is 0.984. The number of H-pyrrole nitrogens is 1. The fourth-order valence-corrected chi connectivity index (χ4v) is 2.63. The number of carbonyl (C=O) groups is 2. The number of nitriles is 1. The number of benzene rings is 1. The molecule has 0 aliphatic heterocycles. The first-order valence-corrected chi connectivity index (χ1v) is 9.53. The molecule has 160 valence electrons. The molecule has 0 spiro atoms. The van der Waals surface area contributed by atoms with Gasteiger partial charge in [-0.2, -0.15) is 9.94 Å². The van der Waals surface area contributed by atoms with Gasteiger partial charge in [0.15, 0.2) is 0 Å². The van der Waals surface area contributed by atoms with Gasteiger partial charge in [0, 0.05) is 6.04 Å². The second-order valence-corrected chi connectivity index (χ2v) is 8.86. The van der Waals surface area contributed by atoms with E-state index in [-0.39, 0.29) is 5.69 Å². The molecule has 0 radical (unpaired) electrons. The maximum Gasteiger partial charge on any atom is 0.359 e. The maximum atomic E-state index is 13.0. The van der Waals surface area contributed by atoms with Crippen LogP contribution in [0.25, 0.3) is 5.69 Å². The Bertz CT molecular complexity index is 1090. The summed E-state index contributed by atoms with van der Waals surface area (Å²) in [4.78, 5) is 51.1. The summed E-state index contributed by atoms with van der Waals surface area (Å²) in [6.45, 7) is 2.31. The summed E-state index contributed by atoms with van der Waals surface area (Å²) in [6.07, 6.45) is 0. The number of para-hydroxylation sites is 1. The van der Waals surface area contributed by atoms with Crippen LogP contribution in [0.3, 0.4) is 0 Å². The van der Waals surface area contributed by atoms with Crippen molar-refractivity contribution >= 4 is 46.7 Å². The van der Waals surface area contributed by atoms with Gasteiger partial charge in [0.1, 0.15) is 12.7 Å². The molecule has 2 aromatic rings. The molecule has 13 heteroatoms. The van der Waals surface area contributed by atoms with Crippen molar-refractivity contribution in [3.63, 3.8) is 0 Å². The summed E-state index contributed by atoms with van der Waals surface area (Å²) in [5.74, 6) is -2.73. The average Bonchev–Trinajstić information content (AvgIpc) is 2.95. The van der Waals surface area contributed by atoms with Gasteiger partial charge in [-0.05, 0) is 26.0 Å².